The Morgan fingerprint density at radius 1 is 1.27 bits per heavy atom. The van der Waals surface area contributed by atoms with Gasteiger partial charge in [-0.15, -0.1) is 12.4 Å². The van der Waals surface area contributed by atoms with Crippen molar-refractivity contribution in [2.24, 2.45) is 0 Å². The lowest BCUT2D eigenvalue weighted by molar-refractivity contribution is 0.0594. The van der Waals surface area contributed by atoms with Gasteiger partial charge >= 0.3 is 5.97 Å². The second-order valence-electron chi connectivity index (χ2n) is 2.91. The molecule has 0 fully saturated rings. The van der Waals surface area contributed by atoms with Crippen LogP contribution in [0.15, 0.2) is 36.5 Å². The Kier molecular flexibility index (Phi) is 3.63. The first kappa shape index (κ1) is 11.5. The van der Waals surface area contributed by atoms with E-state index in [1.165, 1.54) is 7.11 Å². The topological polar surface area (TPSA) is 39.2 Å². The zero-order valence-corrected chi connectivity index (χ0v) is 8.95. The van der Waals surface area contributed by atoms with Crippen molar-refractivity contribution in [3.05, 3.63) is 42.2 Å². The van der Waals surface area contributed by atoms with E-state index in [4.69, 9.17) is 0 Å². The van der Waals surface area contributed by atoms with Crippen LogP contribution < -0.4 is 0 Å². The van der Waals surface area contributed by atoms with Gasteiger partial charge in [0.15, 0.2) is 0 Å². The standard InChI is InChI=1S/C11H9NO2.ClH/c1-14-11(13)10-6-8-4-2-3-5-9(8)7-12-10;/h2-7H,1H3;1H. The summed E-state index contributed by atoms with van der Waals surface area (Å²) >= 11 is 0. The summed E-state index contributed by atoms with van der Waals surface area (Å²) in [6, 6.07) is 9.46. The number of aromatic nitrogens is 1. The first-order chi connectivity index (χ1) is 6.81. The number of fused-ring (bicyclic) bond motifs is 1. The third-order valence-corrected chi connectivity index (χ3v) is 2.03. The van der Waals surface area contributed by atoms with Gasteiger partial charge in [0.05, 0.1) is 7.11 Å². The molecule has 0 aliphatic carbocycles. The highest BCUT2D eigenvalue weighted by Gasteiger charge is 2.06. The van der Waals surface area contributed by atoms with Crippen molar-refractivity contribution in [3.8, 4) is 0 Å². The molecule has 0 aliphatic heterocycles. The molecule has 0 unspecified atom stereocenters. The van der Waals surface area contributed by atoms with E-state index >= 15 is 0 Å². The molecule has 0 aliphatic rings. The molecule has 0 saturated carbocycles. The van der Waals surface area contributed by atoms with Crippen molar-refractivity contribution in [2.75, 3.05) is 7.11 Å². The average molecular weight is 224 g/mol. The van der Waals surface area contributed by atoms with Crippen LogP contribution in [0.3, 0.4) is 0 Å². The smallest absolute Gasteiger partial charge is 0.356 e. The van der Waals surface area contributed by atoms with Gasteiger partial charge in [-0.1, -0.05) is 24.3 Å². The number of ether oxygens (including phenoxy) is 1. The molecule has 3 nitrogen and oxygen atoms in total. The molecule has 0 bridgehead atoms. The lowest BCUT2D eigenvalue weighted by Crippen LogP contribution is -2.03. The van der Waals surface area contributed by atoms with Gasteiger partial charge in [0.2, 0.25) is 0 Å². The monoisotopic (exact) mass is 223 g/mol. The predicted molar refractivity (Wildman–Crippen MR) is 60.3 cm³/mol. The van der Waals surface area contributed by atoms with Crippen molar-refractivity contribution < 1.29 is 9.53 Å². The highest BCUT2D eigenvalue weighted by molar-refractivity contribution is 5.92. The van der Waals surface area contributed by atoms with Crippen LogP contribution in [0.2, 0.25) is 0 Å². The molecule has 0 spiro atoms. The summed E-state index contributed by atoms with van der Waals surface area (Å²) < 4.78 is 4.58. The summed E-state index contributed by atoms with van der Waals surface area (Å²) in [6.45, 7) is 0. The van der Waals surface area contributed by atoms with Crippen LogP contribution in [0.1, 0.15) is 10.5 Å². The highest BCUT2D eigenvalue weighted by atomic mass is 35.5. The Morgan fingerprint density at radius 2 is 1.93 bits per heavy atom. The van der Waals surface area contributed by atoms with Crippen molar-refractivity contribution in [2.45, 2.75) is 0 Å². The molecule has 1 aromatic heterocycles. The number of nitrogens with zero attached hydrogens (tertiary/aromatic N) is 1. The number of hydrogen-bond acceptors (Lipinski definition) is 3. The van der Waals surface area contributed by atoms with Crippen LogP contribution in [-0.4, -0.2) is 18.1 Å². The van der Waals surface area contributed by atoms with Crippen molar-refractivity contribution in [1.29, 1.82) is 0 Å². The van der Waals surface area contributed by atoms with Crippen molar-refractivity contribution >= 4 is 29.1 Å². The molecule has 2 aromatic rings. The van der Waals surface area contributed by atoms with E-state index in [1.54, 1.807) is 12.3 Å². The fourth-order valence-electron chi connectivity index (χ4n) is 1.30. The van der Waals surface area contributed by atoms with Crippen LogP contribution in [-0.2, 0) is 4.74 Å². The number of carbonyl (C=O) groups excluding carboxylic acids is 1. The Morgan fingerprint density at radius 3 is 2.60 bits per heavy atom. The Balaban J connectivity index is 0.00000112. The average Bonchev–Trinajstić information content (AvgIpc) is 2.27. The highest BCUT2D eigenvalue weighted by Crippen LogP contribution is 2.13. The van der Waals surface area contributed by atoms with Gasteiger partial charge in [-0.05, 0) is 11.5 Å². The van der Waals surface area contributed by atoms with E-state index in [-0.39, 0.29) is 12.4 Å². The molecule has 0 N–H and O–H groups in total. The minimum absolute atomic E-state index is 0. The summed E-state index contributed by atoms with van der Waals surface area (Å²) in [5, 5.41) is 2.00. The zero-order valence-electron chi connectivity index (χ0n) is 8.14. The first-order valence-electron chi connectivity index (χ1n) is 4.24. The van der Waals surface area contributed by atoms with Gasteiger partial charge < -0.3 is 4.74 Å². The van der Waals surface area contributed by atoms with Crippen LogP contribution >= 0.6 is 12.4 Å². The number of pyridine rings is 1. The lowest BCUT2D eigenvalue weighted by Gasteiger charge is -2.00. The van der Waals surface area contributed by atoms with Crippen LogP contribution in [0.5, 0.6) is 0 Å². The second-order valence-corrected chi connectivity index (χ2v) is 2.91. The fourth-order valence-corrected chi connectivity index (χ4v) is 1.30. The molecule has 15 heavy (non-hydrogen) atoms. The molecule has 78 valence electrons. The Labute approximate surface area is 93.5 Å². The van der Waals surface area contributed by atoms with Crippen LogP contribution in [0, 0.1) is 0 Å². The number of methoxy groups -OCH3 is 1. The third kappa shape index (κ3) is 2.25. The van der Waals surface area contributed by atoms with E-state index in [9.17, 15) is 4.79 Å². The molecule has 0 amide bonds. The van der Waals surface area contributed by atoms with E-state index in [1.807, 2.05) is 24.3 Å². The Bertz CT molecular complexity index is 485. The van der Waals surface area contributed by atoms with Gasteiger partial charge in [0.1, 0.15) is 5.69 Å². The lowest BCUT2D eigenvalue weighted by atomic mass is 10.1. The minimum atomic E-state index is -0.407. The zero-order chi connectivity index (χ0) is 9.97. The van der Waals surface area contributed by atoms with Gasteiger partial charge in [0.25, 0.3) is 0 Å². The summed E-state index contributed by atoms with van der Waals surface area (Å²) in [6.07, 6.45) is 1.67. The quantitative estimate of drug-likeness (QED) is 0.697. The third-order valence-electron chi connectivity index (χ3n) is 2.03. The molecule has 4 heteroatoms. The summed E-state index contributed by atoms with van der Waals surface area (Å²) in [7, 11) is 1.35. The van der Waals surface area contributed by atoms with Gasteiger partial charge in [-0.3, -0.25) is 0 Å². The van der Waals surface area contributed by atoms with Crippen LogP contribution in [0.4, 0.5) is 0 Å². The van der Waals surface area contributed by atoms with E-state index in [0.29, 0.717) is 5.69 Å². The number of rotatable bonds is 1. The normalized spacial score (nSPS) is 9.40. The van der Waals surface area contributed by atoms with Crippen molar-refractivity contribution in [1.82, 2.24) is 4.98 Å². The summed E-state index contributed by atoms with van der Waals surface area (Å²) in [4.78, 5) is 15.2. The maximum atomic E-state index is 11.2. The fraction of sp³-hybridized carbons (Fsp3) is 0.0909. The maximum Gasteiger partial charge on any atom is 0.356 e. The predicted octanol–water partition coefficient (Wildman–Crippen LogP) is 2.44. The molecular formula is C11H10ClNO2. The molecule has 1 aromatic carbocycles. The molecule has 0 atom stereocenters. The SMILES string of the molecule is COC(=O)c1cc2ccccc2cn1.Cl. The number of hydrogen-bond donors (Lipinski definition) is 0. The first-order valence-corrected chi connectivity index (χ1v) is 4.24. The van der Waals surface area contributed by atoms with Gasteiger partial charge in [-0.2, -0.15) is 0 Å². The molecule has 1 heterocycles. The molecular weight excluding hydrogens is 214 g/mol. The van der Waals surface area contributed by atoms with E-state index in [2.05, 4.69) is 9.72 Å². The van der Waals surface area contributed by atoms with E-state index in [0.717, 1.165) is 10.8 Å². The second kappa shape index (κ2) is 4.75. The molecule has 2 rings (SSSR count). The maximum absolute atomic E-state index is 11.2. The molecule has 0 radical (unpaired) electrons. The largest absolute Gasteiger partial charge is 0.464 e. The minimum Gasteiger partial charge on any atom is -0.464 e. The number of benzene rings is 1. The summed E-state index contributed by atoms with van der Waals surface area (Å²) in [5.41, 5.74) is 0.339. The van der Waals surface area contributed by atoms with Gasteiger partial charge in [-0.25, -0.2) is 9.78 Å². The van der Waals surface area contributed by atoms with Gasteiger partial charge in [0, 0.05) is 11.6 Å². The number of carbonyl (C=O) groups is 1. The van der Waals surface area contributed by atoms with E-state index < -0.39 is 5.97 Å². The molecule has 0 saturated heterocycles. The summed E-state index contributed by atoms with van der Waals surface area (Å²) in [5.74, 6) is -0.407. The van der Waals surface area contributed by atoms with Crippen LogP contribution in [0.25, 0.3) is 10.8 Å². The number of esters is 1. The van der Waals surface area contributed by atoms with Crippen molar-refractivity contribution in [3.63, 3.8) is 0 Å². The Hall–Kier alpha value is -1.61. The number of halogens is 1.